The first-order valence-electron chi connectivity index (χ1n) is 8.08. The zero-order valence-electron chi connectivity index (χ0n) is 14.5. The molecular formula is C19H14F2N4O2. The third kappa shape index (κ3) is 2.95. The summed E-state index contributed by atoms with van der Waals surface area (Å²) >= 11 is 0. The minimum atomic E-state index is -0.859. The molecule has 0 unspecified atom stereocenters. The fraction of sp³-hybridized carbons (Fsp3) is 0.105. The number of aryl methyl sites for hydroxylation is 2. The summed E-state index contributed by atoms with van der Waals surface area (Å²) in [7, 11) is 1.72. The molecule has 3 aromatic heterocycles. The Balaban J connectivity index is 1.85. The molecule has 1 N–H and O–H groups in total. The molecule has 1 aromatic carbocycles. The first-order chi connectivity index (χ1) is 12.9. The molecular weight excluding hydrogens is 354 g/mol. The Morgan fingerprint density at radius 3 is 2.74 bits per heavy atom. The van der Waals surface area contributed by atoms with Crippen molar-refractivity contribution >= 4 is 22.6 Å². The molecule has 27 heavy (non-hydrogen) atoms. The molecule has 136 valence electrons. The zero-order valence-corrected chi connectivity index (χ0v) is 14.5. The van der Waals surface area contributed by atoms with Crippen molar-refractivity contribution in [3.05, 3.63) is 65.6 Å². The predicted molar refractivity (Wildman–Crippen MR) is 95.3 cm³/mol. The first kappa shape index (κ1) is 16.9. The van der Waals surface area contributed by atoms with Crippen molar-refractivity contribution < 1.29 is 18.0 Å². The van der Waals surface area contributed by atoms with Crippen molar-refractivity contribution in [3.63, 3.8) is 0 Å². The third-order valence-electron chi connectivity index (χ3n) is 4.17. The van der Waals surface area contributed by atoms with E-state index < -0.39 is 17.5 Å². The molecule has 3 heterocycles. The number of halogens is 2. The van der Waals surface area contributed by atoms with Gasteiger partial charge in [-0.3, -0.25) is 9.48 Å². The van der Waals surface area contributed by atoms with Gasteiger partial charge in [0.15, 0.2) is 11.4 Å². The van der Waals surface area contributed by atoms with Crippen LogP contribution in [0.5, 0.6) is 0 Å². The minimum absolute atomic E-state index is 0.118. The third-order valence-corrected chi connectivity index (χ3v) is 4.17. The van der Waals surface area contributed by atoms with E-state index in [2.05, 4.69) is 15.4 Å². The molecule has 6 nitrogen and oxygen atoms in total. The van der Waals surface area contributed by atoms with Gasteiger partial charge in [0.1, 0.15) is 17.3 Å². The monoisotopic (exact) mass is 368 g/mol. The SMILES string of the molecule is Cc1nn(C)c2nc(-c3ccco3)cc(C(=O)Nc3ccc(F)cc3F)c12. The van der Waals surface area contributed by atoms with Crippen LogP contribution in [0.4, 0.5) is 14.5 Å². The van der Waals surface area contributed by atoms with Gasteiger partial charge in [-0.1, -0.05) is 0 Å². The number of pyridine rings is 1. The summed E-state index contributed by atoms with van der Waals surface area (Å²) in [6, 6.07) is 7.95. The van der Waals surface area contributed by atoms with E-state index in [1.54, 1.807) is 36.9 Å². The summed E-state index contributed by atoms with van der Waals surface area (Å²) in [5.41, 5.74) is 1.69. The number of anilines is 1. The van der Waals surface area contributed by atoms with Crippen LogP contribution in [0.2, 0.25) is 0 Å². The van der Waals surface area contributed by atoms with Gasteiger partial charge in [0.2, 0.25) is 0 Å². The lowest BCUT2D eigenvalue weighted by atomic mass is 10.1. The van der Waals surface area contributed by atoms with E-state index >= 15 is 0 Å². The Morgan fingerprint density at radius 1 is 1.22 bits per heavy atom. The van der Waals surface area contributed by atoms with Gasteiger partial charge in [0.25, 0.3) is 5.91 Å². The fourth-order valence-electron chi connectivity index (χ4n) is 2.95. The smallest absolute Gasteiger partial charge is 0.256 e. The van der Waals surface area contributed by atoms with Crippen LogP contribution < -0.4 is 5.32 Å². The molecule has 0 saturated carbocycles. The second-order valence-corrected chi connectivity index (χ2v) is 6.02. The number of hydrogen-bond acceptors (Lipinski definition) is 4. The Kier molecular flexibility index (Phi) is 3.95. The number of amides is 1. The summed E-state index contributed by atoms with van der Waals surface area (Å²) < 4.78 is 34.0. The number of carbonyl (C=O) groups excluding carboxylic acids is 1. The molecule has 8 heteroatoms. The van der Waals surface area contributed by atoms with Crippen LogP contribution in [0.3, 0.4) is 0 Å². The lowest BCUT2D eigenvalue weighted by molar-refractivity contribution is 0.102. The Bertz CT molecular complexity index is 1170. The van der Waals surface area contributed by atoms with Gasteiger partial charge in [0.05, 0.1) is 28.6 Å². The number of nitrogens with one attached hydrogen (secondary N) is 1. The van der Waals surface area contributed by atoms with Gasteiger partial charge in [-0.25, -0.2) is 13.8 Å². The number of aromatic nitrogens is 3. The minimum Gasteiger partial charge on any atom is -0.463 e. The fourth-order valence-corrected chi connectivity index (χ4v) is 2.95. The van der Waals surface area contributed by atoms with Crippen molar-refractivity contribution in [1.29, 1.82) is 0 Å². The Labute approximate surface area is 152 Å². The summed E-state index contributed by atoms with van der Waals surface area (Å²) in [4.78, 5) is 17.4. The van der Waals surface area contributed by atoms with Gasteiger partial charge >= 0.3 is 0 Å². The topological polar surface area (TPSA) is 73.0 Å². The molecule has 0 bridgehead atoms. The summed E-state index contributed by atoms with van der Waals surface area (Å²) in [5.74, 6) is -1.66. The second-order valence-electron chi connectivity index (χ2n) is 6.02. The van der Waals surface area contributed by atoms with Gasteiger partial charge in [-0.05, 0) is 37.3 Å². The average Bonchev–Trinajstić information content (AvgIpc) is 3.26. The molecule has 0 atom stereocenters. The summed E-state index contributed by atoms with van der Waals surface area (Å²) in [6.45, 7) is 1.76. The van der Waals surface area contributed by atoms with Crippen molar-refractivity contribution in [2.45, 2.75) is 6.92 Å². The molecule has 0 fully saturated rings. The normalized spacial score (nSPS) is 11.1. The van der Waals surface area contributed by atoms with E-state index in [0.717, 1.165) is 6.07 Å². The highest BCUT2D eigenvalue weighted by Crippen LogP contribution is 2.28. The highest BCUT2D eigenvalue weighted by Gasteiger charge is 2.21. The highest BCUT2D eigenvalue weighted by molar-refractivity contribution is 6.13. The molecule has 0 saturated heterocycles. The lowest BCUT2D eigenvalue weighted by Gasteiger charge is -2.09. The molecule has 4 aromatic rings. The van der Waals surface area contributed by atoms with E-state index in [0.29, 0.717) is 34.2 Å². The van der Waals surface area contributed by atoms with Gasteiger partial charge in [-0.15, -0.1) is 0 Å². The van der Waals surface area contributed by atoms with Crippen molar-refractivity contribution in [1.82, 2.24) is 14.8 Å². The van der Waals surface area contributed by atoms with Crippen molar-refractivity contribution in [2.75, 3.05) is 5.32 Å². The van der Waals surface area contributed by atoms with Crippen LogP contribution in [0, 0.1) is 18.6 Å². The van der Waals surface area contributed by atoms with Crippen LogP contribution in [-0.2, 0) is 7.05 Å². The molecule has 1 amide bonds. The van der Waals surface area contributed by atoms with Crippen molar-refractivity contribution in [3.8, 4) is 11.5 Å². The lowest BCUT2D eigenvalue weighted by Crippen LogP contribution is -2.14. The molecule has 4 rings (SSSR count). The van der Waals surface area contributed by atoms with Crippen molar-refractivity contribution in [2.24, 2.45) is 7.05 Å². The largest absolute Gasteiger partial charge is 0.463 e. The number of carbonyl (C=O) groups is 1. The standard InChI is InChI=1S/C19H14F2N4O2/c1-10-17-12(19(26)23-14-6-5-11(20)8-13(14)21)9-15(16-4-3-7-27-16)22-18(17)25(2)24-10/h3-9H,1-2H3,(H,23,26). The maximum Gasteiger partial charge on any atom is 0.256 e. The molecule has 0 aliphatic rings. The van der Waals surface area contributed by atoms with Crippen LogP contribution in [0.1, 0.15) is 16.1 Å². The second kappa shape index (κ2) is 6.31. The van der Waals surface area contributed by atoms with E-state index in [9.17, 15) is 13.6 Å². The van der Waals surface area contributed by atoms with Gasteiger partial charge in [-0.2, -0.15) is 5.10 Å². The Morgan fingerprint density at radius 2 is 2.04 bits per heavy atom. The van der Waals surface area contributed by atoms with E-state index in [-0.39, 0.29) is 11.3 Å². The number of furan rings is 1. The van der Waals surface area contributed by atoms with Gasteiger partial charge in [0, 0.05) is 13.1 Å². The highest BCUT2D eigenvalue weighted by atomic mass is 19.1. The number of hydrogen-bond donors (Lipinski definition) is 1. The first-order valence-corrected chi connectivity index (χ1v) is 8.08. The zero-order chi connectivity index (χ0) is 19.1. The van der Waals surface area contributed by atoms with Crippen LogP contribution in [0.25, 0.3) is 22.5 Å². The number of nitrogens with zero attached hydrogens (tertiary/aromatic N) is 3. The Hall–Kier alpha value is -3.55. The van der Waals surface area contributed by atoms with Crippen LogP contribution in [-0.4, -0.2) is 20.7 Å². The molecule has 0 aliphatic heterocycles. The van der Waals surface area contributed by atoms with E-state index in [4.69, 9.17) is 4.42 Å². The molecule has 0 aliphatic carbocycles. The maximum atomic E-state index is 13.9. The van der Waals surface area contributed by atoms with Crippen LogP contribution in [0.15, 0.2) is 47.1 Å². The van der Waals surface area contributed by atoms with E-state index in [1.807, 2.05) is 0 Å². The quantitative estimate of drug-likeness (QED) is 0.592. The summed E-state index contributed by atoms with van der Waals surface area (Å²) in [6.07, 6.45) is 1.50. The number of rotatable bonds is 3. The number of fused-ring (bicyclic) bond motifs is 1. The van der Waals surface area contributed by atoms with Crippen LogP contribution >= 0.6 is 0 Å². The maximum absolute atomic E-state index is 13.9. The average molecular weight is 368 g/mol. The van der Waals surface area contributed by atoms with Gasteiger partial charge < -0.3 is 9.73 Å². The molecule has 0 spiro atoms. The summed E-state index contributed by atoms with van der Waals surface area (Å²) in [5, 5.41) is 7.34. The predicted octanol–water partition coefficient (Wildman–Crippen LogP) is 4.07. The van der Waals surface area contributed by atoms with E-state index in [1.165, 1.54) is 12.3 Å². The number of benzene rings is 1. The molecule has 0 radical (unpaired) electrons.